The molecule has 0 atom stereocenters. The van der Waals surface area contributed by atoms with Gasteiger partial charge in [-0.2, -0.15) is 0 Å². The van der Waals surface area contributed by atoms with Gasteiger partial charge in [-0.25, -0.2) is 4.79 Å². The molecule has 0 spiro atoms. The van der Waals surface area contributed by atoms with Crippen molar-refractivity contribution >= 4 is 17.7 Å². The summed E-state index contributed by atoms with van der Waals surface area (Å²) < 4.78 is 5.25. The Balaban J connectivity index is 1.98. The molecule has 0 unspecified atom stereocenters. The van der Waals surface area contributed by atoms with Crippen LogP contribution in [0.4, 0.5) is 10.5 Å². The lowest BCUT2D eigenvalue weighted by Crippen LogP contribution is -2.54. The molecule has 0 radical (unpaired) electrons. The van der Waals surface area contributed by atoms with Crippen LogP contribution in [-0.2, 0) is 16.1 Å². The van der Waals surface area contributed by atoms with Gasteiger partial charge in [-0.15, -0.1) is 0 Å². The predicted molar refractivity (Wildman–Crippen MR) is 118 cm³/mol. The van der Waals surface area contributed by atoms with Crippen molar-refractivity contribution in [2.45, 2.75) is 52.3 Å². The summed E-state index contributed by atoms with van der Waals surface area (Å²) in [6.07, 6.45) is 3.01. The number of carbonyl (C=O) groups excluding carboxylic acids is 2. The lowest BCUT2D eigenvalue weighted by Gasteiger charge is -2.30. The Bertz CT molecular complexity index is 817. The van der Waals surface area contributed by atoms with Crippen LogP contribution in [0.3, 0.4) is 0 Å². The molecule has 2 amide bonds. The predicted octanol–water partition coefficient (Wildman–Crippen LogP) is 3.51. The average molecular weight is 413 g/mol. The van der Waals surface area contributed by atoms with Crippen LogP contribution in [0.5, 0.6) is 0 Å². The third-order valence-corrected chi connectivity index (χ3v) is 4.10. The molecule has 30 heavy (non-hydrogen) atoms. The minimum absolute atomic E-state index is 0.140. The standard InChI is InChI=1S/C23H32N4O3/c1-22(2,3)30-21(29)25-17-23(4,5)26-20(28)16-27(19-11-7-6-8-12-19)15-18-10-9-13-24-14-18/h6-14H,15-17H2,1-5H3,(H,25,29)(H,26,28). The van der Waals surface area contributed by atoms with E-state index >= 15 is 0 Å². The Morgan fingerprint density at radius 3 is 2.33 bits per heavy atom. The van der Waals surface area contributed by atoms with Gasteiger partial charge >= 0.3 is 6.09 Å². The summed E-state index contributed by atoms with van der Waals surface area (Å²) in [5, 5.41) is 5.71. The molecule has 0 bridgehead atoms. The summed E-state index contributed by atoms with van der Waals surface area (Å²) in [4.78, 5) is 30.8. The second-order valence-corrected chi connectivity index (χ2v) is 8.84. The number of anilines is 1. The SMILES string of the molecule is CC(C)(CNC(=O)OC(C)(C)C)NC(=O)CN(Cc1cccnc1)c1ccccc1. The van der Waals surface area contributed by atoms with Crippen molar-refractivity contribution in [1.82, 2.24) is 15.6 Å². The van der Waals surface area contributed by atoms with E-state index in [1.807, 2.05) is 61.2 Å². The van der Waals surface area contributed by atoms with Crippen LogP contribution < -0.4 is 15.5 Å². The lowest BCUT2D eigenvalue weighted by molar-refractivity contribution is -0.121. The molecule has 2 N–H and O–H groups in total. The topological polar surface area (TPSA) is 83.6 Å². The molecule has 0 aliphatic heterocycles. The van der Waals surface area contributed by atoms with Crippen molar-refractivity contribution < 1.29 is 14.3 Å². The molecule has 7 nitrogen and oxygen atoms in total. The molecule has 0 saturated carbocycles. The molecule has 0 aliphatic carbocycles. The first-order chi connectivity index (χ1) is 14.0. The summed E-state index contributed by atoms with van der Waals surface area (Å²) in [5.74, 6) is -0.140. The van der Waals surface area contributed by atoms with Gasteiger partial charge in [0.2, 0.25) is 5.91 Å². The van der Waals surface area contributed by atoms with Gasteiger partial charge in [-0.05, 0) is 58.4 Å². The normalized spacial score (nSPS) is 11.5. The fraction of sp³-hybridized carbons (Fsp3) is 0.435. The number of amides is 2. The number of hydrogen-bond donors (Lipinski definition) is 2. The highest BCUT2D eigenvalue weighted by atomic mass is 16.6. The van der Waals surface area contributed by atoms with Crippen molar-refractivity contribution in [3.63, 3.8) is 0 Å². The van der Waals surface area contributed by atoms with E-state index in [4.69, 9.17) is 4.74 Å². The maximum Gasteiger partial charge on any atom is 0.407 e. The molecule has 1 heterocycles. The largest absolute Gasteiger partial charge is 0.444 e. The van der Waals surface area contributed by atoms with Crippen LogP contribution in [0.15, 0.2) is 54.9 Å². The highest BCUT2D eigenvalue weighted by molar-refractivity contribution is 5.82. The van der Waals surface area contributed by atoms with Crippen LogP contribution in [0.25, 0.3) is 0 Å². The first-order valence-corrected chi connectivity index (χ1v) is 10.0. The van der Waals surface area contributed by atoms with Crippen LogP contribution >= 0.6 is 0 Å². The number of carbonyl (C=O) groups is 2. The molecule has 0 fully saturated rings. The minimum atomic E-state index is -0.634. The molecule has 2 rings (SSSR count). The molecule has 7 heteroatoms. The summed E-state index contributed by atoms with van der Waals surface area (Å²) >= 11 is 0. The van der Waals surface area contributed by atoms with Gasteiger partial charge in [0.15, 0.2) is 0 Å². The van der Waals surface area contributed by atoms with E-state index < -0.39 is 17.2 Å². The van der Waals surface area contributed by atoms with Gasteiger partial charge in [0.05, 0.1) is 12.1 Å². The number of pyridine rings is 1. The van der Waals surface area contributed by atoms with E-state index in [2.05, 4.69) is 15.6 Å². The summed E-state index contributed by atoms with van der Waals surface area (Å²) in [6.45, 7) is 10.1. The highest BCUT2D eigenvalue weighted by Gasteiger charge is 2.24. The Morgan fingerprint density at radius 2 is 1.73 bits per heavy atom. The van der Waals surface area contributed by atoms with Crippen LogP contribution in [0.2, 0.25) is 0 Å². The zero-order chi connectivity index (χ0) is 22.2. The third kappa shape index (κ3) is 8.51. The Hall–Kier alpha value is -3.09. The minimum Gasteiger partial charge on any atom is -0.444 e. The number of hydrogen-bond acceptors (Lipinski definition) is 5. The third-order valence-electron chi connectivity index (χ3n) is 4.10. The van der Waals surface area contributed by atoms with Gasteiger partial charge in [0.1, 0.15) is 5.60 Å². The quantitative estimate of drug-likeness (QED) is 0.693. The number of nitrogens with zero attached hydrogens (tertiary/aromatic N) is 2. The molecular weight excluding hydrogens is 380 g/mol. The van der Waals surface area contributed by atoms with Crippen LogP contribution in [-0.4, -0.2) is 41.2 Å². The molecule has 1 aromatic heterocycles. The fourth-order valence-corrected chi connectivity index (χ4v) is 2.83. The maximum atomic E-state index is 12.8. The van der Waals surface area contributed by atoms with Gasteiger partial charge in [-0.3, -0.25) is 9.78 Å². The van der Waals surface area contributed by atoms with Crippen LogP contribution in [0.1, 0.15) is 40.2 Å². The number of ether oxygens (including phenoxy) is 1. The van der Waals surface area contributed by atoms with Crippen molar-refractivity contribution in [1.29, 1.82) is 0 Å². The van der Waals surface area contributed by atoms with Crippen molar-refractivity contribution in [2.24, 2.45) is 0 Å². The zero-order valence-electron chi connectivity index (χ0n) is 18.4. The molecule has 0 saturated heterocycles. The van der Waals surface area contributed by atoms with Gasteiger partial charge in [0, 0.05) is 31.2 Å². The van der Waals surface area contributed by atoms with Gasteiger partial charge in [0.25, 0.3) is 0 Å². The van der Waals surface area contributed by atoms with E-state index in [9.17, 15) is 9.59 Å². The Morgan fingerprint density at radius 1 is 1.03 bits per heavy atom. The molecular formula is C23H32N4O3. The van der Waals surface area contributed by atoms with E-state index in [-0.39, 0.29) is 19.0 Å². The number of alkyl carbamates (subject to hydrolysis) is 1. The van der Waals surface area contributed by atoms with Crippen LogP contribution in [0, 0.1) is 0 Å². The van der Waals surface area contributed by atoms with Gasteiger partial charge < -0.3 is 20.3 Å². The fourth-order valence-electron chi connectivity index (χ4n) is 2.83. The number of benzene rings is 1. The van der Waals surface area contributed by atoms with Crippen molar-refractivity contribution in [3.05, 3.63) is 60.4 Å². The number of para-hydroxylation sites is 1. The first kappa shape index (κ1) is 23.2. The smallest absolute Gasteiger partial charge is 0.407 e. The van der Waals surface area contributed by atoms with Crippen molar-refractivity contribution in [2.75, 3.05) is 18.0 Å². The Kier molecular flexibility index (Phi) is 7.80. The number of aromatic nitrogens is 1. The maximum absolute atomic E-state index is 12.8. The van der Waals surface area contributed by atoms with E-state index in [1.54, 1.807) is 33.2 Å². The summed E-state index contributed by atoms with van der Waals surface area (Å²) in [6, 6.07) is 13.6. The first-order valence-electron chi connectivity index (χ1n) is 10.0. The highest BCUT2D eigenvalue weighted by Crippen LogP contribution is 2.16. The molecule has 2 aromatic rings. The van der Waals surface area contributed by atoms with Gasteiger partial charge in [-0.1, -0.05) is 24.3 Å². The molecule has 0 aliphatic rings. The second-order valence-electron chi connectivity index (χ2n) is 8.84. The summed E-state index contributed by atoms with van der Waals surface area (Å²) in [7, 11) is 0. The molecule has 162 valence electrons. The Labute approximate surface area is 178 Å². The number of rotatable bonds is 8. The monoisotopic (exact) mass is 412 g/mol. The zero-order valence-corrected chi connectivity index (χ0v) is 18.4. The van der Waals surface area contributed by atoms with E-state index in [0.29, 0.717) is 6.54 Å². The second kappa shape index (κ2) is 10.1. The lowest BCUT2D eigenvalue weighted by atomic mass is 10.1. The average Bonchev–Trinajstić information content (AvgIpc) is 2.66. The number of nitrogens with one attached hydrogen (secondary N) is 2. The van der Waals surface area contributed by atoms with Crippen molar-refractivity contribution in [3.8, 4) is 0 Å². The summed E-state index contributed by atoms with van der Waals surface area (Å²) in [5.41, 5.74) is 0.756. The van der Waals surface area contributed by atoms with E-state index in [1.165, 1.54) is 0 Å². The van der Waals surface area contributed by atoms with E-state index in [0.717, 1.165) is 11.3 Å². The molecule has 1 aromatic carbocycles.